The smallest absolute Gasteiger partial charge is 0.240 e. The first kappa shape index (κ1) is 14.6. The van der Waals surface area contributed by atoms with Gasteiger partial charge in [0.1, 0.15) is 5.75 Å². The van der Waals surface area contributed by atoms with E-state index in [2.05, 4.69) is 4.72 Å². The zero-order chi connectivity index (χ0) is 13.9. The molecule has 1 aromatic carbocycles. The molecule has 1 aliphatic rings. The highest BCUT2D eigenvalue weighted by molar-refractivity contribution is 7.89. The van der Waals surface area contributed by atoms with Crippen molar-refractivity contribution in [3.8, 4) is 5.75 Å². The zero-order valence-corrected chi connectivity index (χ0v) is 12.4. The molecule has 0 amide bonds. The second-order valence-corrected chi connectivity index (χ2v) is 7.19. The van der Waals surface area contributed by atoms with E-state index in [-0.39, 0.29) is 10.3 Å². The van der Waals surface area contributed by atoms with E-state index in [1.54, 1.807) is 31.4 Å². The molecule has 4 nitrogen and oxygen atoms in total. The van der Waals surface area contributed by atoms with Crippen LogP contribution < -0.4 is 9.46 Å². The number of ether oxygens (including phenoxy) is 1. The van der Waals surface area contributed by atoms with Gasteiger partial charge in [0.15, 0.2) is 0 Å². The highest BCUT2D eigenvalue weighted by Crippen LogP contribution is 2.29. The molecular formula is C13H18ClNO3S. The fourth-order valence-corrected chi connectivity index (χ4v) is 3.76. The third kappa shape index (κ3) is 3.84. The monoisotopic (exact) mass is 303 g/mol. The summed E-state index contributed by atoms with van der Waals surface area (Å²) in [6.07, 6.45) is 2.84. The van der Waals surface area contributed by atoms with Gasteiger partial charge in [-0.2, -0.15) is 0 Å². The molecule has 2 rings (SSSR count). The molecule has 19 heavy (non-hydrogen) atoms. The molecule has 1 N–H and O–H groups in total. The number of rotatable bonds is 5. The van der Waals surface area contributed by atoms with Crippen molar-refractivity contribution in [2.75, 3.05) is 13.7 Å². The lowest BCUT2D eigenvalue weighted by atomic mass is 10.1. The third-order valence-corrected chi connectivity index (χ3v) is 5.24. The molecule has 6 heteroatoms. The van der Waals surface area contributed by atoms with Crippen molar-refractivity contribution in [2.24, 2.45) is 5.92 Å². The van der Waals surface area contributed by atoms with Crippen LogP contribution in [0.5, 0.6) is 5.75 Å². The molecule has 0 radical (unpaired) electrons. The maximum Gasteiger partial charge on any atom is 0.240 e. The standard InChI is InChI=1S/C13H18ClNO3S/c1-18-12-4-6-13(7-5-12)19(16,17)15-9-10-2-3-11(14)8-10/h4-7,10-11,15H,2-3,8-9H2,1H3. The molecule has 1 fully saturated rings. The number of methoxy groups -OCH3 is 1. The Morgan fingerprint density at radius 2 is 2.00 bits per heavy atom. The van der Waals surface area contributed by atoms with Crippen LogP contribution in [0, 0.1) is 5.92 Å². The largest absolute Gasteiger partial charge is 0.497 e. The van der Waals surface area contributed by atoms with Crippen molar-refractivity contribution in [3.63, 3.8) is 0 Å². The van der Waals surface area contributed by atoms with Crippen molar-refractivity contribution in [2.45, 2.75) is 29.5 Å². The van der Waals surface area contributed by atoms with Crippen LogP contribution in [0.3, 0.4) is 0 Å². The van der Waals surface area contributed by atoms with Crippen LogP contribution in [-0.2, 0) is 10.0 Å². The Morgan fingerprint density at radius 1 is 1.32 bits per heavy atom. The van der Waals surface area contributed by atoms with Gasteiger partial charge in [0.25, 0.3) is 0 Å². The van der Waals surface area contributed by atoms with Crippen LogP contribution in [-0.4, -0.2) is 27.4 Å². The number of sulfonamides is 1. The quantitative estimate of drug-likeness (QED) is 0.850. The van der Waals surface area contributed by atoms with Gasteiger partial charge in [0.2, 0.25) is 10.0 Å². The first-order valence-corrected chi connectivity index (χ1v) is 8.21. The van der Waals surface area contributed by atoms with Crippen LogP contribution in [0.25, 0.3) is 0 Å². The van der Waals surface area contributed by atoms with E-state index in [4.69, 9.17) is 16.3 Å². The van der Waals surface area contributed by atoms with Crippen molar-refractivity contribution >= 4 is 21.6 Å². The normalized spacial score (nSPS) is 23.5. The van der Waals surface area contributed by atoms with Crippen LogP contribution in [0.1, 0.15) is 19.3 Å². The van der Waals surface area contributed by atoms with Gasteiger partial charge in [-0.05, 0) is 49.4 Å². The molecule has 2 atom stereocenters. The van der Waals surface area contributed by atoms with Crippen LogP contribution in [0.4, 0.5) is 0 Å². The topological polar surface area (TPSA) is 55.4 Å². The average Bonchev–Trinajstić information content (AvgIpc) is 2.82. The lowest BCUT2D eigenvalue weighted by Crippen LogP contribution is -2.28. The molecule has 0 heterocycles. The molecule has 0 saturated heterocycles. The summed E-state index contributed by atoms with van der Waals surface area (Å²) in [5.74, 6) is 0.982. The number of hydrogen-bond donors (Lipinski definition) is 1. The highest BCUT2D eigenvalue weighted by Gasteiger charge is 2.24. The van der Waals surface area contributed by atoms with E-state index in [0.717, 1.165) is 19.3 Å². The maximum absolute atomic E-state index is 12.1. The van der Waals surface area contributed by atoms with Crippen LogP contribution >= 0.6 is 11.6 Å². The number of nitrogens with one attached hydrogen (secondary N) is 1. The molecular weight excluding hydrogens is 286 g/mol. The predicted octanol–water partition coefficient (Wildman–Crippen LogP) is 2.38. The minimum absolute atomic E-state index is 0.190. The van der Waals surface area contributed by atoms with Gasteiger partial charge < -0.3 is 4.74 Å². The van der Waals surface area contributed by atoms with E-state index in [1.165, 1.54) is 0 Å². The Hall–Kier alpha value is -0.780. The average molecular weight is 304 g/mol. The summed E-state index contributed by atoms with van der Waals surface area (Å²) >= 11 is 6.02. The van der Waals surface area contributed by atoms with Gasteiger partial charge in [-0.1, -0.05) is 0 Å². The van der Waals surface area contributed by atoms with Crippen LogP contribution in [0.15, 0.2) is 29.2 Å². The SMILES string of the molecule is COc1ccc(S(=O)(=O)NCC2CCC(Cl)C2)cc1. The van der Waals surface area contributed by atoms with E-state index in [9.17, 15) is 8.42 Å². The lowest BCUT2D eigenvalue weighted by molar-refractivity contribution is 0.414. The first-order chi connectivity index (χ1) is 9.01. The Balaban J connectivity index is 1.97. The van der Waals surface area contributed by atoms with Gasteiger partial charge >= 0.3 is 0 Å². The summed E-state index contributed by atoms with van der Waals surface area (Å²) in [6.45, 7) is 0.456. The van der Waals surface area contributed by atoms with Crippen molar-refractivity contribution in [1.82, 2.24) is 4.72 Å². The Bertz CT molecular complexity index is 515. The molecule has 0 spiro atoms. The molecule has 2 unspecified atom stereocenters. The fourth-order valence-electron chi connectivity index (χ4n) is 2.27. The summed E-state index contributed by atoms with van der Waals surface area (Å²) in [7, 11) is -1.89. The molecule has 0 aliphatic heterocycles. The summed E-state index contributed by atoms with van der Waals surface area (Å²) < 4.78 is 31.8. The number of hydrogen-bond acceptors (Lipinski definition) is 3. The number of alkyl halides is 1. The fraction of sp³-hybridized carbons (Fsp3) is 0.538. The number of benzene rings is 1. The molecule has 1 aliphatic carbocycles. The Morgan fingerprint density at radius 3 is 2.53 bits per heavy atom. The summed E-state index contributed by atoms with van der Waals surface area (Å²) in [5, 5.41) is 0.190. The summed E-state index contributed by atoms with van der Waals surface area (Å²) in [5.41, 5.74) is 0. The van der Waals surface area contributed by atoms with E-state index in [1.807, 2.05) is 0 Å². The van der Waals surface area contributed by atoms with Crippen LogP contribution in [0.2, 0.25) is 0 Å². The van der Waals surface area contributed by atoms with Crippen molar-refractivity contribution < 1.29 is 13.2 Å². The second-order valence-electron chi connectivity index (χ2n) is 4.80. The second kappa shape index (κ2) is 6.11. The lowest BCUT2D eigenvalue weighted by Gasteiger charge is -2.11. The van der Waals surface area contributed by atoms with Crippen molar-refractivity contribution in [1.29, 1.82) is 0 Å². The summed E-state index contributed by atoms with van der Waals surface area (Å²) in [6, 6.07) is 6.36. The third-order valence-electron chi connectivity index (χ3n) is 3.41. The minimum atomic E-state index is -3.44. The Labute approximate surface area is 119 Å². The summed E-state index contributed by atoms with van der Waals surface area (Å²) in [4.78, 5) is 0.258. The first-order valence-electron chi connectivity index (χ1n) is 6.29. The molecule has 0 bridgehead atoms. The Kier molecular flexibility index (Phi) is 4.71. The van der Waals surface area contributed by atoms with Crippen molar-refractivity contribution in [3.05, 3.63) is 24.3 Å². The van der Waals surface area contributed by atoms with E-state index in [0.29, 0.717) is 18.2 Å². The molecule has 1 saturated carbocycles. The van der Waals surface area contributed by atoms with E-state index >= 15 is 0 Å². The number of halogens is 1. The predicted molar refractivity (Wildman–Crippen MR) is 75.2 cm³/mol. The zero-order valence-electron chi connectivity index (χ0n) is 10.8. The van der Waals surface area contributed by atoms with Gasteiger partial charge in [-0.15, -0.1) is 11.6 Å². The minimum Gasteiger partial charge on any atom is -0.497 e. The molecule has 106 valence electrons. The van der Waals surface area contributed by atoms with E-state index < -0.39 is 10.0 Å². The molecule has 1 aromatic rings. The van der Waals surface area contributed by atoms with Gasteiger partial charge in [-0.3, -0.25) is 0 Å². The molecule has 0 aromatic heterocycles. The van der Waals surface area contributed by atoms with Gasteiger partial charge in [0.05, 0.1) is 12.0 Å². The van der Waals surface area contributed by atoms with Gasteiger partial charge in [0, 0.05) is 11.9 Å². The maximum atomic E-state index is 12.1. The highest BCUT2D eigenvalue weighted by atomic mass is 35.5. The van der Waals surface area contributed by atoms with Gasteiger partial charge in [-0.25, -0.2) is 13.1 Å².